The van der Waals surface area contributed by atoms with Gasteiger partial charge in [0.2, 0.25) is 0 Å². The number of hydrogen-bond acceptors (Lipinski definition) is 5. The molecule has 0 bridgehead atoms. The Morgan fingerprint density at radius 1 is 1.19 bits per heavy atom. The lowest BCUT2D eigenvalue weighted by Crippen LogP contribution is -2.20. The number of aromatic nitrogens is 1. The van der Waals surface area contributed by atoms with Crippen LogP contribution >= 0.6 is 23.6 Å². The number of ether oxygens (including phenoxy) is 1. The smallest absolute Gasteiger partial charge is 0.304 e. The highest BCUT2D eigenvalue weighted by molar-refractivity contribution is 7.80. The highest BCUT2D eigenvalue weighted by Crippen LogP contribution is 2.33. The fourth-order valence-electron chi connectivity index (χ4n) is 2.76. The van der Waals surface area contributed by atoms with Crippen LogP contribution in [0.3, 0.4) is 0 Å². The van der Waals surface area contributed by atoms with Crippen molar-refractivity contribution in [3.63, 3.8) is 0 Å². The Hall–Kier alpha value is -2.31. The summed E-state index contributed by atoms with van der Waals surface area (Å²) >= 11 is 6.97. The van der Waals surface area contributed by atoms with Crippen molar-refractivity contribution in [3.8, 4) is 0 Å². The third-order valence-corrected chi connectivity index (χ3v) is 5.60. The Morgan fingerprint density at radius 2 is 1.88 bits per heavy atom. The molecule has 0 saturated carbocycles. The van der Waals surface area contributed by atoms with Crippen LogP contribution in [-0.2, 0) is 9.53 Å². The molecule has 0 radical (unpaired) electrons. The molecule has 3 rings (SSSR count). The van der Waals surface area contributed by atoms with Gasteiger partial charge in [-0.15, -0.1) is 11.3 Å². The van der Waals surface area contributed by atoms with Crippen LogP contribution in [0.1, 0.15) is 42.4 Å². The Labute approximate surface area is 161 Å². The van der Waals surface area contributed by atoms with Gasteiger partial charge in [-0.1, -0.05) is 49.4 Å². The second-order valence-corrected chi connectivity index (χ2v) is 7.38. The molecule has 0 aliphatic rings. The predicted molar refractivity (Wildman–Crippen MR) is 108 cm³/mol. The molecule has 0 fully saturated rings. The molecule has 6 heteroatoms. The van der Waals surface area contributed by atoms with E-state index < -0.39 is 11.9 Å². The van der Waals surface area contributed by atoms with Gasteiger partial charge in [0.15, 0.2) is 5.05 Å². The van der Waals surface area contributed by atoms with E-state index in [1.165, 1.54) is 11.3 Å². The van der Waals surface area contributed by atoms with E-state index >= 15 is 0 Å². The van der Waals surface area contributed by atoms with Gasteiger partial charge in [0.25, 0.3) is 0 Å². The first-order chi connectivity index (χ1) is 12.6. The average Bonchev–Trinajstić information content (AvgIpc) is 3.08. The number of rotatable bonds is 7. The SMILES string of the molecule is CCC(OC(=S)C(CC(=O)O)c1nc2ccccc2s1)c1ccccc1. The van der Waals surface area contributed by atoms with Gasteiger partial charge in [-0.25, -0.2) is 4.98 Å². The van der Waals surface area contributed by atoms with Gasteiger partial charge >= 0.3 is 5.97 Å². The number of thiocarbonyl (C=S) groups is 1. The highest BCUT2D eigenvalue weighted by Gasteiger charge is 2.27. The molecule has 26 heavy (non-hydrogen) atoms. The highest BCUT2D eigenvalue weighted by atomic mass is 32.1. The zero-order chi connectivity index (χ0) is 18.5. The van der Waals surface area contributed by atoms with E-state index in [0.717, 1.165) is 22.2 Å². The number of carboxylic acids is 1. The third-order valence-electron chi connectivity index (χ3n) is 4.07. The number of thiazole rings is 1. The number of para-hydroxylation sites is 1. The Bertz CT molecular complexity index is 875. The number of aliphatic carboxylic acids is 1. The van der Waals surface area contributed by atoms with E-state index in [1.807, 2.05) is 61.5 Å². The Morgan fingerprint density at radius 3 is 2.54 bits per heavy atom. The van der Waals surface area contributed by atoms with Crippen LogP contribution in [-0.4, -0.2) is 21.1 Å². The summed E-state index contributed by atoms with van der Waals surface area (Å²) in [6, 6.07) is 17.6. The van der Waals surface area contributed by atoms with E-state index in [-0.39, 0.29) is 17.6 Å². The van der Waals surface area contributed by atoms with Crippen molar-refractivity contribution in [2.45, 2.75) is 31.8 Å². The molecule has 3 aromatic rings. The van der Waals surface area contributed by atoms with Gasteiger partial charge in [0, 0.05) is 0 Å². The summed E-state index contributed by atoms with van der Waals surface area (Å²) in [5.74, 6) is -1.47. The first-order valence-corrected chi connectivity index (χ1v) is 9.63. The molecule has 2 atom stereocenters. The minimum Gasteiger partial charge on any atom is -0.481 e. The van der Waals surface area contributed by atoms with E-state index in [0.29, 0.717) is 5.01 Å². The van der Waals surface area contributed by atoms with Crippen molar-refractivity contribution in [1.82, 2.24) is 4.98 Å². The molecule has 0 aliphatic heterocycles. The maximum atomic E-state index is 11.4. The molecule has 0 aliphatic carbocycles. The summed E-state index contributed by atoms with van der Waals surface area (Å²) in [5.41, 5.74) is 1.87. The maximum Gasteiger partial charge on any atom is 0.304 e. The molecule has 1 heterocycles. The van der Waals surface area contributed by atoms with E-state index in [2.05, 4.69) is 4.98 Å². The summed E-state index contributed by atoms with van der Waals surface area (Å²) in [5, 5.41) is 10.3. The van der Waals surface area contributed by atoms with Gasteiger partial charge in [-0.05, 0) is 36.3 Å². The Kier molecular flexibility index (Phi) is 5.96. The minimum atomic E-state index is -0.923. The molecule has 4 nitrogen and oxygen atoms in total. The summed E-state index contributed by atoms with van der Waals surface area (Å²) in [7, 11) is 0. The number of nitrogens with zero attached hydrogens (tertiary/aromatic N) is 1. The van der Waals surface area contributed by atoms with E-state index in [9.17, 15) is 9.90 Å². The molecule has 134 valence electrons. The van der Waals surface area contributed by atoms with Crippen LogP contribution in [0.25, 0.3) is 10.2 Å². The standard InChI is InChI=1S/C20H19NO3S2/c1-2-16(13-8-4-3-5-9-13)24-20(25)14(12-18(22)23)19-21-15-10-6-7-11-17(15)26-19/h3-11,14,16H,2,12H2,1H3,(H,22,23). The second-order valence-electron chi connectivity index (χ2n) is 5.91. The van der Waals surface area contributed by atoms with Crippen LogP contribution in [0.5, 0.6) is 0 Å². The van der Waals surface area contributed by atoms with E-state index in [1.54, 1.807) is 0 Å². The van der Waals surface area contributed by atoms with Gasteiger partial charge in [0.05, 0.1) is 22.6 Å². The molecule has 0 saturated heterocycles. The quantitative estimate of drug-likeness (QED) is 0.556. The number of carboxylic acid groups (broad SMARTS) is 1. The van der Waals surface area contributed by atoms with Crippen LogP contribution in [0.15, 0.2) is 54.6 Å². The van der Waals surface area contributed by atoms with Crippen LogP contribution in [0.2, 0.25) is 0 Å². The van der Waals surface area contributed by atoms with Crippen LogP contribution in [0, 0.1) is 0 Å². The number of hydrogen-bond donors (Lipinski definition) is 1. The minimum absolute atomic E-state index is 0.135. The van der Waals surface area contributed by atoms with Crippen LogP contribution < -0.4 is 0 Å². The van der Waals surface area contributed by atoms with E-state index in [4.69, 9.17) is 17.0 Å². The van der Waals surface area contributed by atoms with Gasteiger partial charge < -0.3 is 9.84 Å². The van der Waals surface area contributed by atoms with Crippen molar-refractivity contribution in [2.24, 2.45) is 0 Å². The average molecular weight is 386 g/mol. The van der Waals surface area contributed by atoms with Crippen molar-refractivity contribution < 1.29 is 14.6 Å². The summed E-state index contributed by atoms with van der Waals surface area (Å²) < 4.78 is 7.04. The fraction of sp³-hybridized carbons (Fsp3) is 0.250. The molecule has 2 unspecified atom stereocenters. The first kappa shape index (κ1) is 18.5. The Balaban J connectivity index is 1.86. The fourth-order valence-corrected chi connectivity index (χ4v) is 4.21. The zero-order valence-corrected chi connectivity index (χ0v) is 15.9. The lowest BCUT2D eigenvalue weighted by atomic mass is 10.1. The van der Waals surface area contributed by atoms with Crippen LogP contribution in [0.4, 0.5) is 0 Å². The number of benzene rings is 2. The largest absolute Gasteiger partial charge is 0.481 e. The van der Waals surface area contributed by atoms with Crippen molar-refractivity contribution in [1.29, 1.82) is 0 Å². The number of fused-ring (bicyclic) bond motifs is 1. The second kappa shape index (κ2) is 8.38. The molecule has 2 aromatic carbocycles. The van der Waals surface area contributed by atoms with Gasteiger partial charge in [-0.3, -0.25) is 4.79 Å². The summed E-state index contributed by atoms with van der Waals surface area (Å²) in [6.45, 7) is 2.02. The van der Waals surface area contributed by atoms with Crippen molar-refractivity contribution in [2.75, 3.05) is 0 Å². The first-order valence-electron chi connectivity index (χ1n) is 8.41. The molecule has 1 aromatic heterocycles. The monoisotopic (exact) mass is 385 g/mol. The summed E-state index contributed by atoms with van der Waals surface area (Å²) in [4.78, 5) is 16.0. The molecular weight excluding hydrogens is 366 g/mol. The lowest BCUT2D eigenvalue weighted by molar-refractivity contribution is -0.137. The maximum absolute atomic E-state index is 11.4. The van der Waals surface area contributed by atoms with Crippen molar-refractivity contribution >= 4 is 44.8 Å². The molecule has 1 N–H and O–H groups in total. The molecular formula is C20H19NO3S2. The summed E-state index contributed by atoms with van der Waals surface area (Å²) in [6.07, 6.45) is 0.405. The number of carbonyl (C=O) groups is 1. The zero-order valence-electron chi connectivity index (χ0n) is 14.3. The third kappa shape index (κ3) is 4.26. The molecule has 0 spiro atoms. The normalized spacial score (nSPS) is 13.3. The molecule has 0 amide bonds. The topological polar surface area (TPSA) is 59.4 Å². The van der Waals surface area contributed by atoms with Crippen molar-refractivity contribution in [3.05, 3.63) is 65.2 Å². The lowest BCUT2D eigenvalue weighted by Gasteiger charge is -2.22. The predicted octanol–water partition coefficient (Wildman–Crippen LogP) is 5.35. The van der Waals surface area contributed by atoms with Gasteiger partial charge in [0.1, 0.15) is 11.1 Å². The van der Waals surface area contributed by atoms with Gasteiger partial charge in [-0.2, -0.15) is 0 Å².